The standard InChI is InChI=1S/C46H52N8O2/c1-29-11-8-21-47-40(29)38-13-7-14-39(41-30(2)12-9-22-48-41)54(38)24-10-23-49-45(56)37-26-36-42(51-28-52-43(36)53-37)33-15-16-34(31(3)25-33)27-50-44(55)32-17-19-35(20-18-32)46(4,5)6/h8-9,11-12,15-22,25-26,28,38-39H,7,10,13-14,23-24,27H2,1-6H3,(H,49,56)(H,50,55)(H,51,52,53). The van der Waals surface area contributed by atoms with Crippen LogP contribution in [0, 0.1) is 20.8 Å². The van der Waals surface area contributed by atoms with Gasteiger partial charge < -0.3 is 15.6 Å². The molecular weight excluding hydrogens is 697 g/mol. The number of fused-ring (bicyclic) bond motifs is 1. The zero-order valence-electron chi connectivity index (χ0n) is 33.3. The zero-order chi connectivity index (χ0) is 39.4. The van der Waals surface area contributed by atoms with Crippen LogP contribution in [0.3, 0.4) is 0 Å². The number of nitrogens with zero attached hydrogens (tertiary/aromatic N) is 5. The molecule has 1 aliphatic rings. The Hall–Kier alpha value is -5.74. The van der Waals surface area contributed by atoms with E-state index in [9.17, 15) is 9.59 Å². The number of aromatic nitrogens is 5. The number of hydrogen-bond acceptors (Lipinski definition) is 7. The molecule has 1 aliphatic heterocycles. The van der Waals surface area contributed by atoms with Crippen molar-refractivity contribution in [2.24, 2.45) is 0 Å². The van der Waals surface area contributed by atoms with Gasteiger partial charge in [-0.15, -0.1) is 0 Å². The second kappa shape index (κ2) is 16.5. The Morgan fingerprint density at radius 3 is 2.09 bits per heavy atom. The van der Waals surface area contributed by atoms with Crippen LogP contribution in [0.1, 0.15) is 119 Å². The van der Waals surface area contributed by atoms with E-state index in [-0.39, 0.29) is 29.3 Å². The highest BCUT2D eigenvalue weighted by atomic mass is 16.2. The van der Waals surface area contributed by atoms with Crippen molar-refractivity contribution in [3.63, 3.8) is 0 Å². The van der Waals surface area contributed by atoms with E-state index in [1.165, 1.54) is 23.0 Å². The van der Waals surface area contributed by atoms with E-state index < -0.39 is 0 Å². The van der Waals surface area contributed by atoms with Crippen LogP contribution in [0.2, 0.25) is 0 Å². The van der Waals surface area contributed by atoms with Crippen LogP contribution in [0.15, 0.2) is 91.5 Å². The quantitative estimate of drug-likeness (QED) is 0.113. The first-order valence-corrected chi connectivity index (χ1v) is 19.7. The summed E-state index contributed by atoms with van der Waals surface area (Å²) in [6.07, 6.45) is 9.25. The molecule has 288 valence electrons. The first kappa shape index (κ1) is 38.5. The fraction of sp³-hybridized carbons (Fsp3) is 0.348. The summed E-state index contributed by atoms with van der Waals surface area (Å²) in [5, 5.41) is 6.97. The highest BCUT2D eigenvalue weighted by molar-refractivity contribution is 6.00. The van der Waals surface area contributed by atoms with Gasteiger partial charge in [0.25, 0.3) is 11.8 Å². The molecule has 56 heavy (non-hydrogen) atoms. The lowest BCUT2D eigenvalue weighted by Gasteiger charge is -2.42. The van der Waals surface area contributed by atoms with Crippen LogP contribution < -0.4 is 10.6 Å². The van der Waals surface area contributed by atoms with Crippen molar-refractivity contribution in [1.82, 2.24) is 40.5 Å². The lowest BCUT2D eigenvalue weighted by Crippen LogP contribution is -2.39. The predicted octanol–water partition coefficient (Wildman–Crippen LogP) is 8.66. The van der Waals surface area contributed by atoms with Crippen LogP contribution in [0.5, 0.6) is 0 Å². The maximum atomic E-state index is 13.5. The third kappa shape index (κ3) is 8.40. The number of hydrogen-bond donors (Lipinski definition) is 3. The topological polar surface area (TPSA) is 129 Å². The number of rotatable bonds is 11. The maximum absolute atomic E-state index is 13.5. The van der Waals surface area contributed by atoms with Gasteiger partial charge in [0.15, 0.2) is 0 Å². The Labute approximate surface area is 329 Å². The Morgan fingerprint density at radius 2 is 1.46 bits per heavy atom. The van der Waals surface area contributed by atoms with Crippen molar-refractivity contribution in [3.8, 4) is 11.3 Å². The molecule has 2 aromatic carbocycles. The molecule has 10 heteroatoms. The highest BCUT2D eigenvalue weighted by Crippen LogP contribution is 2.42. The molecule has 0 aliphatic carbocycles. The summed E-state index contributed by atoms with van der Waals surface area (Å²) in [4.78, 5) is 50.9. The van der Waals surface area contributed by atoms with E-state index >= 15 is 0 Å². The fourth-order valence-electron chi connectivity index (χ4n) is 7.94. The van der Waals surface area contributed by atoms with E-state index in [2.05, 4.69) is 83.3 Å². The Kier molecular flexibility index (Phi) is 11.4. The number of carbonyl (C=O) groups is 2. The van der Waals surface area contributed by atoms with E-state index in [1.54, 1.807) is 0 Å². The average molecular weight is 749 g/mol. The average Bonchev–Trinajstić information content (AvgIpc) is 3.64. The van der Waals surface area contributed by atoms with Crippen LogP contribution in [0.4, 0.5) is 0 Å². The Bertz CT molecular complexity index is 2290. The fourth-order valence-corrected chi connectivity index (χ4v) is 7.94. The third-order valence-corrected chi connectivity index (χ3v) is 11.1. The summed E-state index contributed by atoms with van der Waals surface area (Å²) < 4.78 is 0. The first-order chi connectivity index (χ1) is 27.0. The molecule has 2 atom stereocenters. The minimum absolute atomic E-state index is 0.0291. The van der Waals surface area contributed by atoms with Gasteiger partial charge in [-0.05, 0) is 116 Å². The number of aromatic amines is 1. The second-order valence-electron chi connectivity index (χ2n) is 16.0. The molecule has 0 saturated carbocycles. The molecule has 3 N–H and O–H groups in total. The molecule has 4 aromatic heterocycles. The molecule has 7 rings (SSSR count). The normalized spacial score (nSPS) is 16.2. The largest absolute Gasteiger partial charge is 0.351 e. The van der Waals surface area contributed by atoms with Crippen molar-refractivity contribution >= 4 is 22.8 Å². The minimum atomic E-state index is -0.183. The Morgan fingerprint density at radius 1 is 0.786 bits per heavy atom. The van der Waals surface area contributed by atoms with Crippen molar-refractivity contribution in [3.05, 3.63) is 142 Å². The van der Waals surface area contributed by atoms with Gasteiger partial charge in [-0.1, -0.05) is 57.2 Å². The number of pyridine rings is 2. The zero-order valence-corrected chi connectivity index (χ0v) is 33.3. The van der Waals surface area contributed by atoms with E-state index in [4.69, 9.17) is 9.97 Å². The number of aryl methyl sites for hydroxylation is 3. The summed E-state index contributed by atoms with van der Waals surface area (Å²) in [6, 6.07) is 24.4. The number of carbonyl (C=O) groups excluding carboxylic acids is 2. The summed E-state index contributed by atoms with van der Waals surface area (Å²) in [5.41, 5.74) is 11.2. The number of piperidine rings is 1. The summed E-state index contributed by atoms with van der Waals surface area (Å²) in [7, 11) is 0. The monoisotopic (exact) mass is 748 g/mol. The number of benzene rings is 2. The molecule has 10 nitrogen and oxygen atoms in total. The van der Waals surface area contributed by atoms with Crippen molar-refractivity contribution < 1.29 is 9.59 Å². The molecule has 1 saturated heterocycles. The molecule has 2 unspecified atom stereocenters. The molecule has 0 spiro atoms. The Balaban J connectivity index is 1.00. The molecular formula is C46H52N8O2. The van der Waals surface area contributed by atoms with E-state index in [0.717, 1.165) is 71.4 Å². The van der Waals surface area contributed by atoms with Gasteiger partial charge in [-0.3, -0.25) is 24.5 Å². The summed E-state index contributed by atoms with van der Waals surface area (Å²) in [6.45, 7) is 14.5. The van der Waals surface area contributed by atoms with E-state index in [0.29, 0.717) is 30.0 Å². The van der Waals surface area contributed by atoms with Gasteiger partial charge in [0.1, 0.15) is 17.7 Å². The molecule has 0 bridgehead atoms. The van der Waals surface area contributed by atoms with Crippen LogP contribution in [0.25, 0.3) is 22.3 Å². The first-order valence-electron chi connectivity index (χ1n) is 19.7. The molecule has 6 aromatic rings. The lowest BCUT2D eigenvalue weighted by atomic mass is 9.87. The van der Waals surface area contributed by atoms with Gasteiger partial charge in [0.2, 0.25) is 0 Å². The van der Waals surface area contributed by atoms with Crippen LogP contribution in [-0.4, -0.2) is 54.7 Å². The van der Waals surface area contributed by atoms with Gasteiger partial charge in [0, 0.05) is 48.5 Å². The number of likely N-dealkylation sites (tertiary alicyclic amines) is 1. The van der Waals surface area contributed by atoms with Gasteiger partial charge in [-0.2, -0.15) is 0 Å². The van der Waals surface area contributed by atoms with Crippen molar-refractivity contribution in [2.45, 2.75) is 91.3 Å². The molecule has 0 radical (unpaired) electrons. The molecule has 1 fully saturated rings. The van der Waals surface area contributed by atoms with Gasteiger partial charge in [0.05, 0.1) is 29.2 Å². The minimum Gasteiger partial charge on any atom is -0.351 e. The van der Waals surface area contributed by atoms with Crippen molar-refractivity contribution in [2.75, 3.05) is 13.1 Å². The van der Waals surface area contributed by atoms with Gasteiger partial charge in [-0.25, -0.2) is 9.97 Å². The van der Waals surface area contributed by atoms with Gasteiger partial charge >= 0.3 is 0 Å². The van der Waals surface area contributed by atoms with Crippen LogP contribution >= 0.6 is 0 Å². The van der Waals surface area contributed by atoms with Crippen LogP contribution in [-0.2, 0) is 12.0 Å². The molecule has 5 heterocycles. The SMILES string of the molecule is Cc1cc(-c2ncnc3[nH]c(C(=O)NCCCN4C(c5ncccc5C)CCCC4c4ncccc4C)cc23)ccc1CNC(=O)c1ccc(C(C)(C)C)cc1. The highest BCUT2D eigenvalue weighted by Gasteiger charge is 2.35. The number of amides is 2. The predicted molar refractivity (Wildman–Crippen MR) is 221 cm³/mol. The molecule has 2 amide bonds. The summed E-state index contributed by atoms with van der Waals surface area (Å²) >= 11 is 0. The summed E-state index contributed by atoms with van der Waals surface area (Å²) in [5.74, 6) is -0.291. The second-order valence-corrected chi connectivity index (χ2v) is 16.0. The van der Waals surface area contributed by atoms with Crippen molar-refractivity contribution in [1.29, 1.82) is 0 Å². The maximum Gasteiger partial charge on any atom is 0.267 e. The lowest BCUT2D eigenvalue weighted by molar-refractivity contribution is 0.0740. The number of nitrogens with one attached hydrogen (secondary N) is 3. The number of H-pyrrole nitrogens is 1. The van der Waals surface area contributed by atoms with E-state index in [1.807, 2.05) is 73.9 Å². The third-order valence-electron chi connectivity index (χ3n) is 11.1. The smallest absolute Gasteiger partial charge is 0.267 e.